The minimum atomic E-state index is -0.285. The second kappa shape index (κ2) is 9.51. The van der Waals surface area contributed by atoms with Crippen molar-refractivity contribution in [1.82, 2.24) is 9.80 Å². The molecule has 2 fully saturated rings. The number of likely N-dealkylation sites (tertiary alicyclic amines) is 1. The molecular formula is C22H29FN2O3S. The summed E-state index contributed by atoms with van der Waals surface area (Å²) in [7, 11) is 1.58. The smallest absolute Gasteiger partial charge is 0.264 e. The summed E-state index contributed by atoms with van der Waals surface area (Å²) in [5, 5.41) is 0.531. The monoisotopic (exact) mass is 420 g/mol. The standard InChI is InChI=1S/C22H29FN2O3S/c1-27-15-17-20-18(23)3-2-4-19(20)29-21(17)22(26)25-9-6-16(7-10-25)5-8-24-11-13-28-14-12-24/h2-4,16H,5-15H2,1H3. The fraction of sp³-hybridized carbons (Fsp3) is 0.591. The highest BCUT2D eigenvalue weighted by Crippen LogP contribution is 2.35. The Morgan fingerprint density at radius 3 is 2.72 bits per heavy atom. The molecule has 2 aliphatic rings. The van der Waals surface area contributed by atoms with Gasteiger partial charge in [0.2, 0.25) is 0 Å². The van der Waals surface area contributed by atoms with Crippen LogP contribution in [-0.2, 0) is 16.1 Å². The Kier molecular flexibility index (Phi) is 6.80. The minimum absolute atomic E-state index is 0.0179. The summed E-state index contributed by atoms with van der Waals surface area (Å²) >= 11 is 1.38. The number of carbonyl (C=O) groups is 1. The summed E-state index contributed by atoms with van der Waals surface area (Å²) in [6, 6.07) is 5.01. The number of ether oxygens (including phenoxy) is 2. The van der Waals surface area contributed by atoms with Gasteiger partial charge in [-0.2, -0.15) is 0 Å². The van der Waals surface area contributed by atoms with Crippen LogP contribution < -0.4 is 0 Å². The van der Waals surface area contributed by atoms with Gasteiger partial charge in [-0.15, -0.1) is 11.3 Å². The molecule has 0 radical (unpaired) electrons. The Morgan fingerprint density at radius 2 is 2.00 bits per heavy atom. The number of piperidine rings is 1. The van der Waals surface area contributed by atoms with E-state index in [1.807, 2.05) is 11.0 Å². The maximum Gasteiger partial charge on any atom is 0.264 e. The fourth-order valence-electron chi connectivity index (χ4n) is 4.38. The van der Waals surface area contributed by atoms with Crippen molar-refractivity contribution in [3.63, 3.8) is 0 Å². The molecule has 2 aromatic rings. The number of amides is 1. The maximum absolute atomic E-state index is 14.4. The van der Waals surface area contributed by atoms with Crippen molar-refractivity contribution in [2.45, 2.75) is 25.9 Å². The Hall–Kier alpha value is -1.54. The number of benzene rings is 1. The zero-order chi connectivity index (χ0) is 20.2. The van der Waals surface area contributed by atoms with Crippen molar-refractivity contribution in [2.24, 2.45) is 5.92 Å². The van der Waals surface area contributed by atoms with Crippen molar-refractivity contribution < 1.29 is 18.7 Å². The molecule has 2 saturated heterocycles. The Morgan fingerprint density at radius 1 is 1.24 bits per heavy atom. The highest BCUT2D eigenvalue weighted by molar-refractivity contribution is 7.21. The predicted molar refractivity (Wildman–Crippen MR) is 113 cm³/mol. The lowest BCUT2D eigenvalue weighted by Crippen LogP contribution is -2.40. The van der Waals surface area contributed by atoms with Gasteiger partial charge in [0.25, 0.3) is 5.91 Å². The van der Waals surface area contributed by atoms with Crippen LogP contribution in [0.5, 0.6) is 0 Å². The molecule has 1 amide bonds. The van der Waals surface area contributed by atoms with Crippen LogP contribution in [0.25, 0.3) is 10.1 Å². The molecule has 4 rings (SSSR count). The summed E-state index contributed by atoms with van der Waals surface area (Å²) in [4.78, 5) is 18.3. The van der Waals surface area contributed by atoms with E-state index in [0.717, 1.165) is 63.5 Å². The molecule has 1 aromatic carbocycles. The van der Waals surface area contributed by atoms with Crippen LogP contribution in [0.3, 0.4) is 0 Å². The van der Waals surface area contributed by atoms with Gasteiger partial charge in [0.1, 0.15) is 5.82 Å². The number of rotatable bonds is 6. The average Bonchev–Trinajstić information content (AvgIpc) is 3.13. The van der Waals surface area contributed by atoms with Crippen LogP contribution in [-0.4, -0.2) is 68.8 Å². The van der Waals surface area contributed by atoms with Crippen molar-refractivity contribution >= 4 is 27.3 Å². The molecule has 0 unspecified atom stereocenters. The number of halogens is 1. The molecule has 0 spiro atoms. The van der Waals surface area contributed by atoms with Gasteiger partial charge in [-0.1, -0.05) is 6.07 Å². The van der Waals surface area contributed by atoms with E-state index in [9.17, 15) is 9.18 Å². The lowest BCUT2D eigenvalue weighted by molar-refractivity contribution is 0.0332. The molecule has 29 heavy (non-hydrogen) atoms. The van der Waals surface area contributed by atoms with E-state index in [1.165, 1.54) is 23.8 Å². The molecule has 3 heterocycles. The van der Waals surface area contributed by atoms with Crippen molar-refractivity contribution in [3.05, 3.63) is 34.5 Å². The average molecular weight is 421 g/mol. The molecule has 2 aliphatic heterocycles. The van der Waals surface area contributed by atoms with E-state index in [-0.39, 0.29) is 18.3 Å². The first-order valence-corrected chi connectivity index (χ1v) is 11.3. The van der Waals surface area contributed by atoms with Gasteiger partial charge in [-0.3, -0.25) is 9.69 Å². The zero-order valence-corrected chi connectivity index (χ0v) is 17.8. The first-order valence-electron chi connectivity index (χ1n) is 10.5. The molecule has 0 aliphatic carbocycles. The van der Waals surface area contributed by atoms with Crippen LogP contribution in [0.15, 0.2) is 18.2 Å². The number of fused-ring (bicyclic) bond motifs is 1. The molecule has 0 atom stereocenters. The highest BCUT2D eigenvalue weighted by atomic mass is 32.1. The van der Waals surface area contributed by atoms with Gasteiger partial charge < -0.3 is 14.4 Å². The van der Waals surface area contributed by atoms with Crippen LogP contribution >= 0.6 is 11.3 Å². The lowest BCUT2D eigenvalue weighted by atomic mass is 9.93. The van der Waals surface area contributed by atoms with Gasteiger partial charge in [-0.25, -0.2) is 4.39 Å². The van der Waals surface area contributed by atoms with Crippen LogP contribution in [0, 0.1) is 11.7 Å². The van der Waals surface area contributed by atoms with E-state index in [4.69, 9.17) is 9.47 Å². The third-order valence-electron chi connectivity index (χ3n) is 6.11. The summed E-state index contributed by atoms with van der Waals surface area (Å²) in [6.45, 7) is 6.66. The largest absolute Gasteiger partial charge is 0.380 e. The van der Waals surface area contributed by atoms with E-state index in [2.05, 4.69) is 4.90 Å². The summed E-state index contributed by atoms with van der Waals surface area (Å²) in [5.41, 5.74) is 0.685. The van der Waals surface area contributed by atoms with Gasteiger partial charge >= 0.3 is 0 Å². The highest BCUT2D eigenvalue weighted by Gasteiger charge is 2.28. The van der Waals surface area contributed by atoms with Gasteiger partial charge in [-0.05, 0) is 43.9 Å². The Labute approximate surface area is 175 Å². The normalized spacial score (nSPS) is 19.2. The molecule has 1 aromatic heterocycles. The third kappa shape index (κ3) is 4.63. The second-order valence-corrected chi connectivity index (χ2v) is 8.99. The second-order valence-electron chi connectivity index (χ2n) is 7.93. The molecule has 0 N–H and O–H groups in total. The molecule has 0 bridgehead atoms. The van der Waals surface area contributed by atoms with E-state index in [1.54, 1.807) is 13.2 Å². The first-order chi connectivity index (χ1) is 14.2. The van der Waals surface area contributed by atoms with E-state index in [0.29, 0.717) is 21.7 Å². The van der Waals surface area contributed by atoms with Crippen molar-refractivity contribution in [2.75, 3.05) is 53.0 Å². The molecule has 0 saturated carbocycles. The van der Waals surface area contributed by atoms with Crippen LogP contribution in [0.4, 0.5) is 4.39 Å². The number of thiophene rings is 1. The number of carbonyl (C=O) groups excluding carboxylic acids is 1. The minimum Gasteiger partial charge on any atom is -0.380 e. The fourth-order valence-corrected chi connectivity index (χ4v) is 5.57. The summed E-state index contributed by atoms with van der Waals surface area (Å²) in [5.74, 6) is 0.399. The number of hydrogen-bond acceptors (Lipinski definition) is 5. The SMILES string of the molecule is COCc1c(C(=O)N2CCC(CCN3CCOCC3)CC2)sc2cccc(F)c12. The predicted octanol–water partition coefficient (Wildman–Crippen LogP) is 3.76. The van der Waals surface area contributed by atoms with Gasteiger partial charge in [0, 0.05) is 48.9 Å². The van der Waals surface area contributed by atoms with E-state index < -0.39 is 0 Å². The third-order valence-corrected chi connectivity index (χ3v) is 7.29. The number of nitrogens with zero attached hydrogens (tertiary/aromatic N) is 2. The lowest BCUT2D eigenvalue weighted by Gasteiger charge is -2.34. The van der Waals surface area contributed by atoms with Crippen molar-refractivity contribution in [1.29, 1.82) is 0 Å². The van der Waals surface area contributed by atoms with Gasteiger partial charge in [0.15, 0.2) is 0 Å². The number of morpholine rings is 1. The molecular weight excluding hydrogens is 391 g/mol. The Bertz CT molecular complexity index is 842. The van der Waals surface area contributed by atoms with Gasteiger partial charge in [0.05, 0.1) is 24.7 Å². The maximum atomic E-state index is 14.4. The Balaban J connectivity index is 1.39. The molecule has 158 valence electrons. The van der Waals surface area contributed by atoms with Crippen molar-refractivity contribution in [3.8, 4) is 0 Å². The molecule has 5 nitrogen and oxygen atoms in total. The number of hydrogen-bond donors (Lipinski definition) is 0. The van der Waals surface area contributed by atoms with Crippen LogP contribution in [0.2, 0.25) is 0 Å². The quantitative estimate of drug-likeness (QED) is 0.714. The topological polar surface area (TPSA) is 42.0 Å². The summed E-state index contributed by atoms with van der Waals surface area (Å²) < 4.78 is 25.9. The van der Waals surface area contributed by atoms with E-state index >= 15 is 0 Å². The van der Waals surface area contributed by atoms with Crippen LogP contribution in [0.1, 0.15) is 34.5 Å². The first kappa shape index (κ1) is 20.7. The number of methoxy groups -OCH3 is 1. The zero-order valence-electron chi connectivity index (χ0n) is 17.0. The summed E-state index contributed by atoms with van der Waals surface area (Å²) in [6.07, 6.45) is 3.26. The molecule has 7 heteroatoms.